The molecule has 1 fully saturated rings. The van der Waals surface area contributed by atoms with Gasteiger partial charge in [-0.05, 0) is 43.7 Å². The van der Waals surface area contributed by atoms with Crippen molar-refractivity contribution in [2.45, 2.75) is 25.4 Å². The molecule has 0 radical (unpaired) electrons. The first-order valence-corrected chi connectivity index (χ1v) is 9.36. The number of fused-ring (bicyclic) bond motifs is 1. The van der Waals surface area contributed by atoms with Crippen LogP contribution in [0.15, 0.2) is 62.5 Å². The van der Waals surface area contributed by atoms with Crippen molar-refractivity contribution in [2.75, 3.05) is 13.1 Å². The Balaban J connectivity index is 1.34. The van der Waals surface area contributed by atoms with Gasteiger partial charge in [0.15, 0.2) is 5.58 Å². The Hall–Kier alpha value is -3.26. The van der Waals surface area contributed by atoms with E-state index in [0.29, 0.717) is 30.4 Å². The van der Waals surface area contributed by atoms with Crippen LogP contribution < -0.4 is 5.76 Å². The van der Waals surface area contributed by atoms with Crippen LogP contribution in [0.25, 0.3) is 22.5 Å². The van der Waals surface area contributed by atoms with E-state index in [1.165, 1.54) is 0 Å². The molecular weight excluding hydrogens is 358 g/mol. The fourth-order valence-corrected chi connectivity index (χ4v) is 3.82. The molecule has 28 heavy (non-hydrogen) atoms. The summed E-state index contributed by atoms with van der Waals surface area (Å²) in [6, 6.07) is 11.3. The second kappa shape index (κ2) is 7.05. The Bertz CT molecular complexity index is 1150. The Kier molecular flexibility index (Phi) is 4.25. The lowest BCUT2D eigenvalue weighted by molar-refractivity contribution is 0.201. The summed E-state index contributed by atoms with van der Waals surface area (Å²) in [5.74, 6) is 0.865. The fraction of sp³-hybridized carbons (Fsp3) is 0.300. The Labute approximate surface area is 160 Å². The van der Waals surface area contributed by atoms with E-state index in [-0.39, 0.29) is 11.8 Å². The van der Waals surface area contributed by atoms with Crippen molar-refractivity contribution < 1.29 is 8.94 Å². The van der Waals surface area contributed by atoms with Crippen LogP contribution in [-0.2, 0) is 6.54 Å². The third kappa shape index (κ3) is 3.01. The SMILES string of the molecule is O=c1oc2ccccc2n1CCN1CCC[C@@H]1c1nc(-c2ccncc2)no1. The minimum Gasteiger partial charge on any atom is -0.408 e. The van der Waals surface area contributed by atoms with Gasteiger partial charge in [-0.2, -0.15) is 4.98 Å². The average Bonchev–Trinajstić information content (AvgIpc) is 3.45. The predicted octanol–water partition coefficient (Wildman–Crippen LogP) is 2.88. The molecule has 0 aliphatic carbocycles. The number of nitrogens with zero attached hydrogens (tertiary/aromatic N) is 5. The molecule has 0 saturated carbocycles. The molecule has 0 N–H and O–H groups in total. The minimum absolute atomic E-state index is 0.0666. The molecular formula is C20H19N5O3. The summed E-state index contributed by atoms with van der Waals surface area (Å²) in [6.07, 6.45) is 5.43. The lowest BCUT2D eigenvalue weighted by Crippen LogP contribution is -2.29. The van der Waals surface area contributed by atoms with Crippen LogP contribution >= 0.6 is 0 Å². The number of benzene rings is 1. The molecule has 142 valence electrons. The van der Waals surface area contributed by atoms with Crippen molar-refractivity contribution in [1.82, 2.24) is 24.6 Å². The van der Waals surface area contributed by atoms with Gasteiger partial charge in [0.25, 0.3) is 0 Å². The van der Waals surface area contributed by atoms with Gasteiger partial charge in [-0.15, -0.1) is 0 Å². The normalized spacial score (nSPS) is 17.5. The first-order valence-electron chi connectivity index (χ1n) is 9.36. The van der Waals surface area contributed by atoms with Gasteiger partial charge in [0, 0.05) is 31.0 Å². The zero-order chi connectivity index (χ0) is 18.9. The second-order valence-corrected chi connectivity index (χ2v) is 6.87. The summed E-state index contributed by atoms with van der Waals surface area (Å²) in [6.45, 7) is 2.20. The van der Waals surface area contributed by atoms with Crippen LogP contribution in [0.3, 0.4) is 0 Å². The van der Waals surface area contributed by atoms with Crippen LogP contribution in [0.4, 0.5) is 0 Å². The summed E-state index contributed by atoms with van der Waals surface area (Å²) >= 11 is 0. The molecule has 1 saturated heterocycles. The molecule has 1 aliphatic rings. The second-order valence-electron chi connectivity index (χ2n) is 6.87. The molecule has 0 bridgehead atoms. The molecule has 8 nitrogen and oxygen atoms in total. The Morgan fingerprint density at radius 1 is 1.11 bits per heavy atom. The van der Waals surface area contributed by atoms with E-state index in [9.17, 15) is 4.79 Å². The maximum Gasteiger partial charge on any atom is 0.419 e. The zero-order valence-corrected chi connectivity index (χ0v) is 15.2. The van der Waals surface area contributed by atoms with E-state index in [1.807, 2.05) is 36.4 Å². The molecule has 8 heteroatoms. The van der Waals surface area contributed by atoms with E-state index >= 15 is 0 Å². The number of aromatic nitrogens is 4. The van der Waals surface area contributed by atoms with Crippen molar-refractivity contribution >= 4 is 11.1 Å². The van der Waals surface area contributed by atoms with Crippen LogP contribution in [-0.4, -0.2) is 37.7 Å². The molecule has 0 spiro atoms. The number of likely N-dealkylation sites (tertiary alicyclic amines) is 1. The average molecular weight is 377 g/mol. The van der Waals surface area contributed by atoms with Crippen molar-refractivity contribution in [1.29, 1.82) is 0 Å². The smallest absolute Gasteiger partial charge is 0.408 e. The highest BCUT2D eigenvalue weighted by Crippen LogP contribution is 2.31. The summed E-state index contributed by atoms with van der Waals surface area (Å²) in [5, 5.41) is 4.12. The molecule has 5 rings (SSSR count). The number of hydrogen-bond acceptors (Lipinski definition) is 7. The van der Waals surface area contributed by atoms with Gasteiger partial charge in [0.2, 0.25) is 11.7 Å². The maximum absolute atomic E-state index is 12.2. The van der Waals surface area contributed by atoms with Crippen molar-refractivity contribution in [2.24, 2.45) is 0 Å². The van der Waals surface area contributed by atoms with Crippen molar-refractivity contribution in [3.05, 3.63) is 65.2 Å². The van der Waals surface area contributed by atoms with Crippen molar-refractivity contribution in [3.8, 4) is 11.4 Å². The lowest BCUT2D eigenvalue weighted by Gasteiger charge is -2.21. The van der Waals surface area contributed by atoms with Gasteiger partial charge >= 0.3 is 5.76 Å². The largest absolute Gasteiger partial charge is 0.419 e. The summed E-state index contributed by atoms with van der Waals surface area (Å²) in [5.41, 5.74) is 2.32. The lowest BCUT2D eigenvalue weighted by atomic mass is 10.2. The molecule has 0 amide bonds. The van der Waals surface area contributed by atoms with Crippen LogP contribution in [0.1, 0.15) is 24.8 Å². The molecule has 1 aromatic carbocycles. The molecule has 0 unspecified atom stereocenters. The zero-order valence-electron chi connectivity index (χ0n) is 15.2. The van der Waals surface area contributed by atoms with E-state index in [2.05, 4.69) is 20.0 Å². The van der Waals surface area contributed by atoms with Crippen LogP contribution in [0.5, 0.6) is 0 Å². The van der Waals surface area contributed by atoms with Gasteiger partial charge in [-0.25, -0.2) is 4.79 Å². The standard InChI is InChI=1S/C20H19N5O3/c26-20-25(15-4-1-2-6-17(15)27-20)13-12-24-11-3-5-16(24)19-22-18(23-28-19)14-7-9-21-10-8-14/h1-2,4,6-10,16H,3,5,11-13H2/t16-/m1/s1. The molecule has 4 heterocycles. The van der Waals surface area contributed by atoms with Crippen molar-refractivity contribution in [3.63, 3.8) is 0 Å². The molecule has 4 aromatic rings. The van der Waals surface area contributed by atoms with E-state index in [4.69, 9.17) is 8.94 Å². The summed E-state index contributed by atoms with van der Waals surface area (Å²) in [4.78, 5) is 23.1. The first kappa shape index (κ1) is 16.9. The van der Waals surface area contributed by atoms with Gasteiger partial charge in [0.1, 0.15) is 0 Å². The number of hydrogen-bond donors (Lipinski definition) is 0. The summed E-state index contributed by atoms with van der Waals surface area (Å²) < 4.78 is 12.6. The highest BCUT2D eigenvalue weighted by atomic mass is 16.5. The number of oxazole rings is 1. The van der Waals surface area contributed by atoms with E-state index in [0.717, 1.165) is 30.5 Å². The number of para-hydroxylation sites is 2. The molecule has 3 aromatic heterocycles. The molecule has 1 aliphatic heterocycles. The Morgan fingerprint density at radius 3 is 2.86 bits per heavy atom. The number of rotatable bonds is 5. The van der Waals surface area contributed by atoms with Gasteiger partial charge in [-0.3, -0.25) is 14.5 Å². The quantitative estimate of drug-likeness (QED) is 0.528. The maximum atomic E-state index is 12.2. The third-order valence-corrected chi connectivity index (χ3v) is 5.21. The van der Waals surface area contributed by atoms with Gasteiger partial charge < -0.3 is 8.94 Å². The highest BCUT2D eigenvalue weighted by Gasteiger charge is 2.30. The summed E-state index contributed by atoms with van der Waals surface area (Å²) in [7, 11) is 0. The van der Waals surface area contributed by atoms with E-state index < -0.39 is 0 Å². The first-order chi connectivity index (χ1) is 13.8. The minimum atomic E-state index is -0.324. The van der Waals surface area contributed by atoms with Crippen LogP contribution in [0.2, 0.25) is 0 Å². The third-order valence-electron chi connectivity index (χ3n) is 5.21. The Morgan fingerprint density at radius 2 is 1.96 bits per heavy atom. The predicted molar refractivity (Wildman–Crippen MR) is 102 cm³/mol. The topological polar surface area (TPSA) is 90.2 Å². The van der Waals surface area contributed by atoms with E-state index in [1.54, 1.807) is 17.0 Å². The highest BCUT2D eigenvalue weighted by molar-refractivity contribution is 5.72. The number of pyridine rings is 1. The fourth-order valence-electron chi connectivity index (χ4n) is 3.82. The molecule has 1 atom stereocenters. The monoisotopic (exact) mass is 377 g/mol. The van der Waals surface area contributed by atoms with Gasteiger partial charge in [0.05, 0.1) is 11.6 Å². The van der Waals surface area contributed by atoms with Crippen LogP contribution in [0, 0.1) is 0 Å². The van der Waals surface area contributed by atoms with Gasteiger partial charge in [-0.1, -0.05) is 17.3 Å².